The van der Waals surface area contributed by atoms with E-state index in [0.29, 0.717) is 5.92 Å². The van der Waals surface area contributed by atoms with Crippen LogP contribution < -0.4 is 0 Å². The number of benzene rings is 1. The molecule has 15 heavy (non-hydrogen) atoms. The molecule has 1 aromatic carbocycles. The van der Waals surface area contributed by atoms with Crippen molar-refractivity contribution in [2.45, 2.75) is 26.4 Å². The van der Waals surface area contributed by atoms with Crippen molar-refractivity contribution in [3.8, 4) is 0 Å². The lowest BCUT2D eigenvalue weighted by Gasteiger charge is -2.29. The first-order valence-corrected chi connectivity index (χ1v) is 5.50. The predicted molar refractivity (Wildman–Crippen MR) is 63.6 cm³/mol. The Morgan fingerprint density at radius 2 is 1.80 bits per heavy atom. The quantitative estimate of drug-likeness (QED) is 0.799. The first kappa shape index (κ1) is 12.2. The molecule has 0 bridgehead atoms. The Morgan fingerprint density at radius 1 is 1.20 bits per heavy atom. The van der Waals surface area contributed by atoms with Gasteiger partial charge in [0.25, 0.3) is 0 Å². The Hall–Kier alpha value is -0.860. The van der Waals surface area contributed by atoms with Crippen LogP contribution in [-0.4, -0.2) is 29.7 Å². The minimum atomic E-state index is 0.223. The van der Waals surface area contributed by atoms with E-state index in [4.69, 9.17) is 0 Å². The summed E-state index contributed by atoms with van der Waals surface area (Å²) in [5, 5.41) is 9.30. The fraction of sp³-hybridized carbons (Fsp3) is 0.538. The van der Waals surface area contributed by atoms with Crippen LogP contribution in [0.2, 0.25) is 0 Å². The normalized spacial score (nSPS) is 13.5. The summed E-state index contributed by atoms with van der Waals surface area (Å²) in [7, 11) is 2.06. The molecule has 0 aliphatic carbocycles. The molecule has 0 radical (unpaired) electrons. The summed E-state index contributed by atoms with van der Waals surface area (Å²) < 4.78 is 0. The van der Waals surface area contributed by atoms with Gasteiger partial charge in [0.1, 0.15) is 0 Å². The van der Waals surface area contributed by atoms with Crippen LogP contribution >= 0.6 is 0 Å². The molecule has 2 heteroatoms. The molecule has 1 unspecified atom stereocenters. The molecule has 0 heterocycles. The van der Waals surface area contributed by atoms with E-state index in [-0.39, 0.29) is 12.6 Å². The summed E-state index contributed by atoms with van der Waals surface area (Å²) in [5.74, 6) is 0.476. The van der Waals surface area contributed by atoms with Crippen molar-refractivity contribution in [2.75, 3.05) is 13.7 Å². The fourth-order valence-corrected chi connectivity index (χ4v) is 1.85. The molecule has 0 fully saturated rings. The van der Waals surface area contributed by atoms with E-state index in [1.165, 1.54) is 5.56 Å². The third kappa shape index (κ3) is 3.65. The molecule has 84 valence electrons. The van der Waals surface area contributed by atoms with Crippen molar-refractivity contribution in [3.63, 3.8) is 0 Å². The second-order valence-electron chi connectivity index (χ2n) is 4.39. The van der Waals surface area contributed by atoms with Crippen molar-refractivity contribution in [1.82, 2.24) is 4.90 Å². The lowest BCUT2D eigenvalue weighted by Crippen LogP contribution is -2.38. The smallest absolute Gasteiger partial charge is 0.0589 e. The van der Waals surface area contributed by atoms with Gasteiger partial charge in [0.15, 0.2) is 0 Å². The van der Waals surface area contributed by atoms with Crippen molar-refractivity contribution < 1.29 is 5.11 Å². The van der Waals surface area contributed by atoms with Crippen molar-refractivity contribution in [3.05, 3.63) is 35.9 Å². The number of aliphatic hydroxyl groups excluding tert-OH is 1. The number of aliphatic hydroxyl groups is 1. The van der Waals surface area contributed by atoms with E-state index in [2.05, 4.69) is 37.9 Å². The Labute approximate surface area is 92.5 Å². The molecule has 0 aliphatic heterocycles. The highest BCUT2D eigenvalue weighted by molar-refractivity contribution is 5.14. The van der Waals surface area contributed by atoms with Gasteiger partial charge in [0, 0.05) is 12.6 Å². The fourth-order valence-electron chi connectivity index (χ4n) is 1.85. The van der Waals surface area contributed by atoms with Gasteiger partial charge in [-0.15, -0.1) is 0 Å². The van der Waals surface area contributed by atoms with E-state index < -0.39 is 0 Å². The summed E-state index contributed by atoms with van der Waals surface area (Å²) in [5.41, 5.74) is 1.29. The highest BCUT2D eigenvalue weighted by Gasteiger charge is 2.17. The molecule has 1 atom stereocenters. The van der Waals surface area contributed by atoms with E-state index >= 15 is 0 Å². The molecule has 0 spiro atoms. The van der Waals surface area contributed by atoms with Crippen LogP contribution in [-0.2, 0) is 6.54 Å². The highest BCUT2D eigenvalue weighted by atomic mass is 16.3. The topological polar surface area (TPSA) is 23.5 Å². The maximum absolute atomic E-state index is 9.30. The largest absolute Gasteiger partial charge is 0.395 e. The Bertz CT molecular complexity index is 271. The van der Waals surface area contributed by atoms with Crippen LogP contribution in [0.3, 0.4) is 0 Å². The van der Waals surface area contributed by atoms with Crippen LogP contribution in [0.1, 0.15) is 19.4 Å². The second kappa shape index (κ2) is 5.89. The zero-order valence-electron chi connectivity index (χ0n) is 9.85. The van der Waals surface area contributed by atoms with E-state index in [1.54, 1.807) is 0 Å². The Balaban J connectivity index is 2.58. The average Bonchev–Trinajstić information content (AvgIpc) is 2.19. The van der Waals surface area contributed by atoms with Crippen LogP contribution in [0.25, 0.3) is 0 Å². The molecule has 1 aromatic rings. The van der Waals surface area contributed by atoms with Gasteiger partial charge in [-0.25, -0.2) is 0 Å². The maximum atomic E-state index is 9.30. The lowest BCUT2D eigenvalue weighted by atomic mass is 10.0. The van der Waals surface area contributed by atoms with Crippen LogP contribution in [0, 0.1) is 5.92 Å². The second-order valence-corrected chi connectivity index (χ2v) is 4.39. The van der Waals surface area contributed by atoms with E-state index in [9.17, 15) is 5.11 Å². The Morgan fingerprint density at radius 3 is 2.27 bits per heavy atom. The predicted octanol–water partition coefficient (Wildman–Crippen LogP) is 2.14. The van der Waals surface area contributed by atoms with Gasteiger partial charge < -0.3 is 5.11 Å². The SMILES string of the molecule is CC(C)C(CO)N(C)Cc1ccccc1. The standard InChI is InChI=1S/C13H21NO/c1-11(2)13(10-15)14(3)9-12-7-5-4-6-8-12/h4-8,11,13,15H,9-10H2,1-3H3. The molecule has 0 aromatic heterocycles. The van der Waals surface area contributed by atoms with Crippen LogP contribution in [0.15, 0.2) is 30.3 Å². The van der Waals surface area contributed by atoms with Crippen molar-refractivity contribution in [1.29, 1.82) is 0 Å². The zero-order valence-corrected chi connectivity index (χ0v) is 9.85. The number of hydrogen-bond acceptors (Lipinski definition) is 2. The summed E-state index contributed by atoms with van der Waals surface area (Å²) in [4.78, 5) is 2.21. The number of hydrogen-bond donors (Lipinski definition) is 1. The molecule has 0 saturated heterocycles. The molecule has 0 aliphatic rings. The third-order valence-electron chi connectivity index (χ3n) is 2.80. The number of likely N-dealkylation sites (N-methyl/N-ethyl adjacent to an activating group) is 1. The first-order valence-electron chi connectivity index (χ1n) is 5.50. The Kier molecular flexibility index (Phi) is 4.79. The summed E-state index contributed by atoms with van der Waals surface area (Å²) in [6, 6.07) is 10.6. The van der Waals surface area contributed by atoms with Crippen molar-refractivity contribution in [2.24, 2.45) is 5.92 Å². The van der Waals surface area contributed by atoms with Gasteiger partial charge in [0.2, 0.25) is 0 Å². The number of rotatable bonds is 5. The molecular formula is C13H21NO. The van der Waals surface area contributed by atoms with Crippen molar-refractivity contribution >= 4 is 0 Å². The molecule has 1 N–H and O–H groups in total. The first-order chi connectivity index (χ1) is 7.15. The lowest BCUT2D eigenvalue weighted by molar-refractivity contribution is 0.108. The molecule has 2 nitrogen and oxygen atoms in total. The third-order valence-corrected chi connectivity index (χ3v) is 2.80. The highest BCUT2D eigenvalue weighted by Crippen LogP contribution is 2.12. The van der Waals surface area contributed by atoms with E-state index in [0.717, 1.165) is 6.54 Å². The minimum Gasteiger partial charge on any atom is -0.395 e. The zero-order chi connectivity index (χ0) is 11.3. The summed E-state index contributed by atoms with van der Waals surface area (Å²) >= 11 is 0. The molecule has 0 saturated carbocycles. The summed E-state index contributed by atoms with van der Waals surface area (Å²) in [6.45, 7) is 5.40. The van der Waals surface area contributed by atoms with Gasteiger partial charge in [0.05, 0.1) is 6.61 Å². The monoisotopic (exact) mass is 207 g/mol. The van der Waals surface area contributed by atoms with Gasteiger partial charge in [-0.1, -0.05) is 44.2 Å². The minimum absolute atomic E-state index is 0.223. The molecule has 0 amide bonds. The van der Waals surface area contributed by atoms with Gasteiger partial charge >= 0.3 is 0 Å². The van der Waals surface area contributed by atoms with Crippen LogP contribution in [0.5, 0.6) is 0 Å². The molecular weight excluding hydrogens is 186 g/mol. The van der Waals surface area contributed by atoms with Gasteiger partial charge in [-0.05, 0) is 18.5 Å². The van der Waals surface area contributed by atoms with E-state index in [1.807, 2.05) is 18.2 Å². The maximum Gasteiger partial charge on any atom is 0.0589 e. The number of nitrogens with zero attached hydrogens (tertiary/aromatic N) is 1. The van der Waals surface area contributed by atoms with Crippen LogP contribution in [0.4, 0.5) is 0 Å². The average molecular weight is 207 g/mol. The van der Waals surface area contributed by atoms with Gasteiger partial charge in [-0.2, -0.15) is 0 Å². The summed E-state index contributed by atoms with van der Waals surface area (Å²) in [6.07, 6.45) is 0. The van der Waals surface area contributed by atoms with Gasteiger partial charge in [-0.3, -0.25) is 4.90 Å². The molecule has 1 rings (SSSR count).